The molecule has 0 aromatic heterocycles. The Labute approximate surface area is 111 Å². The number of benzene rings is 2. The standard InChI is InChI=1S/C13H12BClO3/c15-12-2-1-3-13(8-12)18-9-10-4-6-11(7-5-10)14(16)17/h1-8,16-17H,9H2. The third-order valence-corrected chi connectivity index (χ3v) is 2.71. The number of ether oxygens (including phenoxy) is 1. The second-order valence-corrected chi connectivity index (χ2v) is 4.30. The Morgan fingerprint density at radius 2 is 1.78 bits per heavy atom. The highest BCUT2D eigenvalue weighted by Crippen LogP contribution is 2.18. The molecule has 0 aliphatic rings. The van der Waals surface area contributed by atoms with Crippen molar-refractivity contribution in [2.75, 3.05) is 0 Å². The first-order valence-corrected chi connectivity index (χ1v) is 5.86. The van der Waals surface area contributed by atoms with E-state index in [1.165, 1.54) is 0 Å². The summed E-state index contributed by atoms with van der Waals surface area (Å²) in [6.45, 7) is 0.405. The smallest absolute Gasteiger partial charge is 0.488 e. The van der Waals surface area contributed by atoms with Gasteiger partial charge in [-0.3, -0.25) is 0 Å². The van der Waals surface area contributed by atoms with Crippen molar-refractivity contribution in [3.05, 3.63) is 59.1 Å². The first kappa shape index (κ1) is 13.0. The van der Waals surface area contributed by atoms with Crippen LogP contribution in [0.5, 0.6) is 5.75 Å². The summed E-state index contributed by atoms with van der Waals surface area (Å²) in [4.78, 5) is 0. The number of hydrogen-bond acceptors (Lipinski definition) is 3. The molecule has 0 amide bonds. The van der Waals surface area contributed by atoms with Gasteiger partial charge in [0.05, 0.1) is 0 Å². The minimum atomic E-state index is -1.44. The van der Waals surface area contributed by atoms with E-state index in [4.69, 9.17) is 26.4 Å². The zero-order valence-electron chi connectivity index (χ0n) is 9.58. The van der Waals surface area contributed by atoms with E-state index in [0.717, 1.165) is 5.56 Å². The molecular weight excluding hydrogens is 250 g/mol. The fourth-order valence-electron chi connectivity index (χ4n) is 1.51. The number of rotatable bonds is 4. The molecule has 0 saturated carbocycles. The van der Waals surface area contributed by atoms with Gasteiger partial charge in [-0.25, -0.2) is 0 Å². The van der Waals surface area contributed by atoms with Crippen molar-refractivity contribution in [2.45, 2.75) is 6.61 Å². The van der Waals surface area contributed by atoms with Gasteiger partial charge in [0.2, 0.25) is 0 Å². The van der Waals surface area contributed by atoms with Gasteiger partial charge in [-0.05, 0) is 29.2 Å². The van der Waals surface area contributed by atoms with Gasteiger partial charge in [-0.2, -0.15) is 0 Å². The molecule has 0 spiro atoms. The zero-order valence-corrected chi connectivity index (χ0v) is 10.3. The van der Waals surface area contributed by atoms with Gasteiger partial charge in [-0.15, -0.1) is 0 Å². The van der Waals surface area contributed by atoms with Crippen LogP contribution >= 0.6 is 11.6 Å². The lowest BCUT2D eigenvalue weighted by Gasteiger charge is -2.07. The summed E-state index contributed by atoms with van der Waals surface area (Å²) < 4.78 is 5.56. The lowest BCUT2D eigenvalue weighted by Crippen LogP contribution is -2.29. The first-order chi connectivity index (χ1) is 8.65. The highest BCUT2D eigenvalue weighted by molar-refractivity contribution is 6.58. The normalized spacial score (nSPS) is 10.2. The van der Waals surface area contributed by atoms with Crippen LogP contribution in [-0.4, -0.2) is 17.2 Å². The quantitative estimate of drug-likeness (QED) is 0.823. The molecule has 0 radical (unpaired) electrons. The maximum atomic E-state index is 8.96. The highest BCUT2D eigenvalue weighted by Gasteiger charge is 2.09. The molecule has 3 nitrogen and oxygen atoms in total. The van der Waals surface area contributed by atoms with Gasteiger partial charge in [0, 0.05) is 5.02 Å². The van der Waals surface area contributed by atoms with Crippen molar-refractivity contribution in [1.29, 1.82) is 0 Å². The van der Waals surface area contributed by atoms with Crippen molar-refractivity contribution in [3.8, 4) is 5.75 Å². The molecule has 0 saturated heterocycles. The SMILES string of the molecule is OB(O)c1ccc(COc2cccc(Cl)c2)cc1. The Balaban J connectivity index is 1.98. The number of halogens is 1. The molecule has 2 rings (SSSR count). The largest absolute Gasteiger partial charge is 0.489 e. The van der Waals surface area contributed by atoms with Crippen LogP contribution in [0.1, 0.15) is 5.56 Å². The van der Waals surface area contributed by atoms with Crippen molar-refractivity contribution in [2.24, 2.45) is 0 Å². The first-order valence-electron chi connectivity index (χ1n) is 5.48. The lowest BCUT2D eigenvalue weighted by molar-refractivity contribution is 0.306. The average Bonchev–Trinajstić information content (AvgIpc) is 2.37. The van der Waals surface area contributed by atoms with Crippen LogP contribution in [0.3, 0.4) is 0 Å². The monoisotopic (exact) mass is 262 g/mol. The average molecular weight is 263 g/mol. The molecular formula is C13H12BClO3. The number of hydrogen-bond donors (Lipinski definition) is 2. The van der Waals surface area contributed by atoms with Crippen LogP contribution in [-0.2, 0) is 6.61 Å². The summed E-state index contributed by atoms with van der Waals surface area (Å²) in [7, 11) is -1.44. The topological polar surface area (TPSA) is 49.7 Å². The molecule has 0 aliphatic heterocycles. The molecule has 0 unspecified atom stereocenters. The van der Waals surface area contributed by atoms with Gasteiger partial charge in [0.25, 0.3) is 0 Å². The minimum Gasteiger partial charge on any atom is -0.489 e. The Morgan fingerprint density at radius 3 is 2.39 bits per heavy atom. The van der Waals surface area contributed by atoms with Crippen LogP contribution in [0.15, 0.2) is 48.5 Å². The highest BCUT2D eigenvalue weighted by atomic mass is 35.5. The van der Waals surface area contributed by atoms with E-state index in [-0.39, 0.29) is 0 Å². The van der Waals surface area contributed by atoms with Crippen molar-refractivity contribution >= 4 is 24.2 Å². The molecule has 0 atom stereocenters. The maximum Gasteiger partial charge on any atom is 0.488 e. The second kappa shape index (κ2) is 5.91. The molecule has 2 aromatic carbocycles. The summed E-state index contributed by atoms with van der Waals surface area (Å²) >= 11 is 5.85. The summed E-state index contributed by atoms with van der Waals surface area (Å²) in [5.41, 5.74) is 1.40. The third-order valence-electron chi connectivity index (χ3n) is 2.48. The van der Waals surface area contributed by atoms with Gasteiger partial charge >= 0.3 is 7.12 Å². The summed E-state index contributed by atoms with van der Waals surface area (Å²) in [6, 6.07) is 14.1. The lowest BCUT2D eigenvalue weighted by atomic mass is 9.80. The Hall–Kier alpha value is -1.49. The summed E-state index contributed by atoms with van der Waals surface area (Å²) in [5, 5.41) is 18.6. The molecule has 5 heteroatoms. The van der Waals surface area contributed by atoms with Gasteiger partial charge in [0.15, 0.2) is 0 Å². The second-order valence-electron chi connectivity index (χ2n) is 3.86. The molecule has 2 N–H and O–H groups in total. The molecule has 92 valence electrons. The van der Waals surface area contributed by atoms with E-state index >= 15 is 0 Å². The third kappa shape index (κ3) is 3.50. The van der Waals surface area contributed by atoms with E-state index in [9.17, 15) is 0 Å². The molecule has 0 aliphatic carbocycles. The fourth-order valence-corrected chi connectivity index (χ4v) is 1.69. The molecule has 2 aromatic rings. The van der Waals surface area contributed by atoms with Crippen LogP contribution in [0.4, 0.5) is 0 Å². The van der Waals surface area contributed by atoms with Crippen molar-refractivity contribution in [1.82, 2.24) is 0 Å². The van der Waals surface area contributed by atoms with E-state index in [1.54, 1.807) is 36.4 Å². The Morgan fingerprint density at radius 1 is 1.06 bits per heavy atom. The summed E-state index contributed by atoms with van der Waals surface area (Å²) in [5.74, 6) is 0.703. The van der Waals surface area contributed by atoms with Gasteiger partial charge in [-0.1, -0.05) is 41.9 Å². The maximum absolute atomic E-state index is 8.96. The Kier molecular flexibility index (Phi) is 4.26. The van der Waals surface area contributed by atoms with Gasteiger partial charge < -0.3 is 14.8 Å². The summed E-state index contributed by atoms with van der Waals surface area (Å²) in [6.07, 6.45) is 0. The van der Waals surface area contributed by atoms with Crippen LogP contribution in [0.2, 0.25) is 5.02 Å². The van der Waals surface area contributed by atoms with E-state index in [0.29, 0.717) is 22.8 Å². The zero-order chi connectivity index (χ0) is 13.0. The van der Waals surface area contributed by atoms with Crippen molar-refractivity contribution in [3.63, 3.8) is 0 Å². The van der Waals surface area contributed by atoms with Crippen LogP contribution in [0.25, 0.3) is 0 Å². The minimum absolute atomic E-state index is 0.405. The van der Waals surface area contributed by atoms with Crippen LogP contribution < -0.4 is 10.2 Å². The van der Waals surface area contributed by atoms with Crippen molar-refractivity contribution < 1.29 is 14.8 Å². The molecule has 0 heterocycles. The predicted octanol–water partition coefficient (Wildman–Crippen LogP) is 1.60. The fraction of sp³-hybridized carbons (Fsp3) is 0.0769. The molecule has 0 bridgehead atoms. The van der Waals surface area contributed by atoms with E-state index in [2.05, 4.69) is 0 Å². The predicted molar refractivity (Wildman–Crippen MR) is 72.1 cm³/mol. The van der Waals surface area contributed by atoms with E-state index < -0.39 is 7.12 Å². The molecule has 0 fully saturated rings. The molecule has 18 heavy (non-hydrogen) atoms. The van der Waals surface area contributed by atoms with Gasteiger partial charge in [0.1, 0.15) is 12.4 Å². The van der Waals surface area contributed by atoms with E-state index in [1.807, 2.05) is 12.1 Å². The van der Waals surface area contributed by atoms with Crippen LogP contribution in [0, 0.1) is 0 Å². The Bertz CT molecular complexity index is 514.